The number of amides is 1. The summed E-state index contributed by atoms with van der Waals surface area (Å²) in [6.07, 6.45) is 2.73. The van der Waals surface area contributed by atoms with E-state index in [0.717, 1.165) is 12.1 Å². The van der Waals surface area contributed by atoms with Crippen molar-refractivity contribution in [2.75, 3.05) is 32.1 Å². The molecule has 1 N–H and O–H groups in total. The Labute approximate surface area is 198 Å². The first-order valence-electron chi connectivity index (χ1n) is 11.4. The van der Waals surface area contributed by atoms with Gasteiger partial charge in [0.15, 0.2) is 29.0 Å². The van der Waals surface area contributed by atoms with Crippen LogP contribution in [0.3, 0.4) is 0 Å². The molecular formula is C24H31F2N3O5. The summed E-state index contributed by atoms with van der Waals surface area (Å²) in [4.78, 5) is 17.9. The molecule has 0 unspecified atom stereocenters. The van der Waals surface area contributed by atoms with Gasteiger partial charge in [-0.05, 0) is 20.3 Å². The summed E-state index contributed by atoms with van der Waals surface area (Å²) >= 11 is 0. The van der Waals surface area contributed by atoms with Gasteiger partial charge in [0, 0.05) is 50.3 Å². The molecule has 1 aliphatic heterocycles. The number of carbonyl (C=O) groups is 1. The van der Waals surface area contributed by atoms with Crippen LogP contribution in [0.1, 0.15) is 40.0 Å². The fourth-order valence-electron chi connectivity index (χ4n) is 3.50. The molecule has 1 aliphatic rings. The summed E-state index contributed by atoms with van der Waals surface area (Å²) in [6.45, 7) is 6.79. The Morgan fingerprint density at radius 3 is 2.59 bits per heavy atom. The van der Waals surface area contributed by atoms with E-state index in [0.29, 0.717) is 38.1 Å². The number of rotatable bonds is 9. The van der Waals surface area contributed by atoms with Crippen molar-refractivity contribution in [3.63, 3.8) is 0 Å². The van der Waals surface area contributed by atoms with E-state index < -0.39 is 11.6 Å². The van der Waals surface area contributed by atoms with Crippen molar-refractivity contribution < 1.29 is 32.5 Å². The maximum absolute atomic E-state index is 14.6. The molecule has 1 aromatic carbocycles. The molecule has 0 spiro atoms. The number of carbonyl (C=O) groups excluding carboxylic acids is 1. The van der Waals surface area contributed by atoms with Gasteiger partial charge in [-0.15, -0.1) is 0 Å². The van der Waals surface area contributed by atoms with E-state index in [1.165, 1.54) is 13.3 Å². The van der Waals surface area contributed by atoms with Crippen LogP contribution in [0, 0.1) is 11.6 Å². The molecule has 34 heavy (non-hydrogen) atoms. The zero-order chi connectivity index (χ0) is 24.7. The lowest BCUT2D eigenvalue weighted by molar-refractivity contribution is 0.0511. The van der Waals surface area contributed by atoms with Crippen molar-refractivity contribution >= 4 is 17.6 Å². The highest BCUT2D eigenvalue weighted by Crippen LogP contribution is 2.37. The second-order valence-electron chi connectivity index (χ2n) is 8.16. The first-order chi connectivity index (χ1) is 16.3. The summed E-state index contributed by atoms with van der Waals surface area (Å²) in [5.74, 6) is -0.680. The molecule has 1 saturated heterocycles. The summed E-state index contributed by atoms with van der Waals surface area (Å²) in [5, 5.41) is 2.78. The van der Waals surface area contributed by atoms with E-state index in [9.17, 15) is 13.6 Å². The number of hydrogen-bond acceptors (Lipinski definition) is 7. The second kappa shape index (κ2) is 11.7. The number of pyridine rings is 1. The van der Waals surface area contributed by atoms with Gasteiger partial charge in [0.25, 0.3) is 0 Å². The van der Waals surface area contributed by atoms with Gasteiger partial charge >= 0.3 is 6.09 Å². The number of ether oxygens (including phenoxy) is 4. The maximum atomic E-state index is 14.6. The number of nitrogens with zero attached hydrogens (tertiary/aromatic N) is 2. The molecular weight excluding hydrogens is 448 g/mol. The number of nitrogens with one attached hydrogen (secondary N) is 1. The summed E-state index contributed by atoms with van der Waals surface area (Å²) in [6, 6.07) is 3.65. The fourth-order valence-corrected chi connectivity index (χ4v) is 3.50. The lowest BCUT2D eigenvalue weighted by Crippen LogP contribution is -2.42. The quantitative estimate of drug-likeness (QED) is 0.523. The van der Waals surface area contributed by atoms with Crippen molar-refractivity contribution in [2.24, 2.45) is 0 Å². The highest BCUT2D eigenvalue weighted by molar-refractivity contribution is 5.68. The molecule has 0 radical (unpaired) electrons. The number of methoxy groups -OCH3 is 1. The Balaban J connectivity index is 1.69. The molecule has 186 valence electrons. The third-order valence-corrected chi connectivity index (χ3v) is 5.14. The summed E-state index contributed by atoms with van der Waals surface area (Å²) in [7, 11) is 1.44. The van der Waals surface area contributed by atoms with E-state index in [-0.39, 0.29) is 47.9 Å². The lowest BCUT2D eigenvalue weighted by atomic mass is 10.1. The summed E-state index contributed by atoms with van der Waals surface area (Å²) in [5.41, 5.74) is -0.110. The smallest absolute Gasteiger partial charge is 0.410 e. The number of anilines is 2. The van der Waals surface area contributed by atoms with Crippen LogP contribution in [0.25, 0.3) is 0 Å². The van der Waals surface area contributed by atoms with Crippen molar-refractivity contribution in [1.29, 1.82) is 0 Å². The highest BCUT2D eigenvalue weighted by Gasteiger charge is 2.27. The standard InChI is InChI=1S/C24H31F2N3O5/c1-5-12-32-21-14-17(25)19(13-18(21)26)28-23-22(31-4)20(6-9-27-23)34-16-7-10-29(11-8-16)24(30)33-15(2)3/h6,9,13-16H,5,7-8,10-12H2,1-4H3,(H,27,28). The largest absolute Gasteiger partial charge is 0.490 e. The van der Waals surface area contributed by atoms with Crippen LogP contribution in [-0.2, 0) is 4.74 Å². The zero-order valence-corrected chi connectivity index (χ0v) is 19.9. The normalized spacial score (nSPS) is 14.1. The molecule has 1 amide bonds. The van der Waals surface area contributed by atoms with Crippen molar-refractivity contribution in [3.8, 4) is 17.2 Å². The van der Waals surface area contributed by atoms with Gasteiger partial charge in [0.05, 0.1) is 25.5 Å². The molecule has 2 heterocycles. The van der Waals surface area contributed by atoms with E-state index in [2.05, 4.69) is 10.3 Å². The van der Waals surface area contributed by atoms with E-state index >= 15 is 0 Å². The van der Waals surface area contributed by atoms with Crippen molar-refractivity contribution in [1.82, 2.24) is 9.88 Å². The number of piperidine rings is 1. The third-order valence-electron chi connectivity index (χ3n) is 5.14. The molecule has 1 aromatic heterocycles. The lowest BCUT2D eigenvalue weighted by Gasteiger charge is -2.32. The van der Waals surface area contributed by atoms with Crippen molar-refractivity contribution in [3.05, 3.63) is 36.0 Å². The Bertz CT molecular complexity index is 981. The van der Waals surface area contributed by atoms with Gasteiger partial charge in [-0.1, -0.05) is 6.92 Å². The topological polar surface area (TPSA) is 82.2 Å². The first kappa shape index (κ1) is 25.3. The van der Waals surface area contributed by atoms with Crippen LogP contribution in [0.4, 0.5) is 25.1 Å². The van der Waals surface area contributed by atoms with Gasteiger partial charge in [0.2, 0.25) is 5.75 Å². The van der Waals surface area contributed by atoms with Crippen molar-refractivity contribution in [2.45, 2.75) is 52.2 Å². The highest BCUT2D eigenvalue weighted by atomic mass is 19.1. The van der Waals surface area contributed by atoms with Gasteiger partial charge in [-0.2, -0.15) is 0 Å². The van der Waals surface area contributed by atoms with E-state index in [1.807, 2.05) is 20.8 Å². The fraction of sp³-hybridized carbons (Fsp3) is 0.500. The van der Waals surface area contributed by atoms with Gasteiger partial charge in [-0.3, -0.25) is 0 Å². The van der Waals surface area contributed by atoms with E-state index in [4.69, 9.17) is 18.9 Å². The molecule has 8 nitrogen and oxygen atoms in total. The molecule has 1 fully saturated rings. The SMILES string of the molecule is CCCOc1cc(F)c(Nc2nccc(OC3CCN(C(=O)OC(C)C)CC3)c2OC)cc1F. The monoisotopic (exact) mass is 479 g/mol. The zero-order valence-electron chi connectivity index (χ0n) is 19.9. The minimum absolute atomic E-state index is 0.110. The van der Waals surface area contributed by atoms with Crippen LogP contribution < -0.4 is 19.5 Å². The average Bonchev–Trinajstić information content (AvgIpc) is 2.80. The molecule has 2 aromatic rings. The number of hydrogen-bond donors (Lipinski definition) is 1. The summed E-state index contributed by atoms with van der Waals surface area (Å²) < 4.78 is 51.0. The van der Waals surface area contributed by atoms with Gasteiger partial charge < -0.3 is 29.2 Å². The average molecular weight is 480 g/mol. The Kier molecular flexibility index (Phi) is 8.72. The van der Waals surface area contributed by atoms with Gasteiger partial charge in [0.1, 0.15) is 6.10 Å². The molecule has 0 atom stereocenters. The molecule has 0 saturated carbocycles. The Hall–Kier alpha value is -3.30. The maximum Gasteiger partial charge on any atom is 0.410 e. The Morgan fingerprint density at radius 2 is 1.94 bits per heavy atom. The Morgan fingerprint density at radius 1 is 1.21 bits per heavy atom. The predicted molar refractivity (Wildman–Crippen MR) is 123 cm³/mol. The van der Waals surface area contributed by atoms with Crippen LogP contribution in [-0.4, -0.2) is 55.0 Å². The van der Waals surface area contributed by atoms with E-state index in [1.54, 1.807) is 11.0 Å². The first-order valence-corrected chi connectivity index (χ1v) is 11.4. The minimum Gasteiger partial charge on any atom is -0.490 e. The van der Waals surface area contributed by atoms with Crippen LogP contribution in [0.15, 0.2) is 24.4 Å². The van der Waals surface area contributed by atoms with Gasteiger partial charge in [-0.25, -0.2) is 18.6 Å². The molecule has 0 aliphatic carbocycles. The minimum atomic E-state index is -0.691. The second-order valence-corrected chi connectivity index (χ2v) is 8.16. The number of halogens is 2. The predicted octanol–water partition coefficient (Wildman–Crippen LogP) is 5.29. The number of likely N-dealkylation sites (tertiary alicyclic amines) is 1. The third kappa shape index (κ3) is 6.39. The number of benzene rings is 1. The number of aromatic nitrogens is 1. The molecule has 3 rings (SSSR count). The van der Waals surface area contributed by atoms with Crippen LogP contribution in [0.5, 0.6) is 17.2 Å². The molecule has 10 heteroatoms. The molecule has 0 bridgehead atoms. The van der Waals surface area contributed by atoms with Crippen LogP contribution in [0.2, 0.25) is 0 Å². The van der Waals surface area contributed by atoms with Crippen LogP contribution >= 0.6 is 0 Å².